The predicted octanol–water partition coefficient (Wildman–Crippen LogP) is 1.53. The molecular formula is C16H17ClN4O4. The van der Waals surface area contributed by atoms with Crippen molar-refractivity contribution in [2.75, 3.05) is 13.2 Å². The zero-order valence-corrected chi connectivity index (χ0v) is 14.0. The van der Waals surface area contributed by atoms with Crippen LogP contribution < -0.4 is 5.32 Å². The molecule has 0 radical (unpaired) electrons. The van der Waals surface area contributed by atoms with Gasteiger partial charge in [-0.3, -0.25) is 4.79 Å². The van der Waals surface area contributed by atoms with Gasteiger partial charge in [-0.2, -0.15) is 0 Å². The van der Waals surface area contributed by atoms with Crippen LogP contribution in [0.5, 0.6) is 0 Å². The van der Waals surface area contributed by atoms with Crippen LogP contribution in [0.1, 0.15) is 23.3 Å². The van der Waals surface area contributed by atoms with Crippen LogP contribution in [-0.4, -0.2) is 51.2 Å². The lowest BCUT2D eigenvalue weighted by Gasteiger charge is -2.27. The van der Waals surface area contributed by atoms with Crippen molar-refractivity contribution in [2.45, 2.75) is 18.9 Å². The zero-order chi connectivity index (χ0) is 17.8. The number of ether oxygens (including phenoxy) is 1. The van der Waals surface area contributed by atoms with Crippen molar-refractivity contribution in [1.29, 1.82) is 0 Å². The van der Waals surface area contributed by atoms with Crippen LogP contribution in [0.25, 0.3) is 5.69 Å². The molecule has 1 fully saturated rings. The molecule has 1 aromatic carbocycles. The SMILES string of the molecule is O=C(NC(C(=O)O)C1CCCOC1)c1cn(-c2ccccc2Cl)nn1. The van der Waals surface area contributed by atoms with Crippen LogP contribution in [0.2, 0.25) is 5.02 Å². The Morgan fingerprint density at radius 1 is 1.40 bits per heavy atom. The lowest BCUT2D eigenvalue weighted by atomic mass is 9.93. The van der Waals surface area contributed by atoms with E-state index in [-0.39, 0.29) is 11.6 Å². The van der Waals surface area contributed by atoms with E-state index in [0.29, 0.717) is 30.3 Å². The first-order valence-electron chi connectivity index (χ1n) is 7.85. The number of carboxylic acids is 1. The van der Waals surface area contributed by atoms with Gasteiger partial charge < -0.3 is 15.2 Å². The average Bonchev–Trinajstić information content (AvgIpc) is 3.10. The second kappa shape index (κ2) is 7.62. The van der Waals surface area contributed by atoms with E-state index in [2.05, 4.69) is 15.6 Å². The molecule has 9 heteroatoms. The van der Waals surface area contributed by atoms with E-state index in [1.165, 1.54) is 10.9 Å². The number of hydrogen-bond acceptors (Lipinski definition) is 5. The molecule has 1 saturated heterocycles. The molecule has 0 aliphatic carbocycles. The van der Waals surface area contributed by atoms with Crippen molar-refractivity contribution in [1.82, 2.24) is 20.3 Å². The van der Waals surface area contributed by atoms with Gasteiger partial charge in [0.05, 0.1) is 23.5 Å². The topological polar surface area (TPSA) is 106 Å². The van der Waals surface area contributed by atoms with Gasteiger partial charge in [-0.1, -0.05) is 28.9 Å². The summed E-state index contributed by atoms with van der Waals surface area (Å²) in [4.78, 5) is 23.9. The lowest BCUT2D eigenvalue weighted by molar-refractivity contribution is -0.142. The summed E-state index contributed by atoms with van der Waals surface area (Å²) in [5.74, 6) is -1.97. The second-order valence-corrected chi connectivity index (χ2v) is 6.17. The van der Waals surface area contributed by atoms with Gasteiger partial charge in [0, 0.05) is 12.5 Å². The summed E-state index contributed by atoms with van der Waals surface area (Å²) < 4.78 is 6.69. The maximum absolute atomic E-state index is 12.4. The number of amides is 1. The summed E-state index contributed by atoms with van der Waals surface area (Å²) in [5, 5.41) is 20.1. The minimum Gasteiger partial charge on any atom is -0.480 e. The van der Waals surface area contributed by atoms with Gasteiger partial charge in [-0.15, -0.1) is 5.10 Å². The molecule has 8 nitrogen and oxygen atoms in total. The number of carbonyl (C=O) groups is 2. The number of para-hydroxylation sites is 1. The molecule has 1 aliphatic heterocycles. The third kappa shape index (κ3) is 3.97. The highest BCUT2D eigenvalue weighted by Gasteiger charge is 2.32. The predicted molar refractivity (Wildman–Crippen MR) is 88.8 cm³/mol. The van der Waals surface area contributed by atoms with Crippen molar-refractivity contribution in [2.24, 2.45) is 5.92 Å². The maximum Gasteiger partial charge on any atom is 0.326 e. The van der Waals surface area contributed by atoms with E-state index < -0.39 is 17.9 Å². The number of aromatic nitrogens is 3. The third-order valence-electron chi connectivity index (χ3n) is 4.04. The minimum atomic E-state index is -1.10. The van der Waals surface area contributed by atoms with Crippen molar-refractivity contribution in [3.8, 4) is 5.69 Å². The highest BCUT2D eigenvalue weighted by Crippen LogP contribution is 2.20. The first kappa shape index (κ1) is 17.4. The Morgan fingerprint density at radius 2 is 2.20 bits per heavy atom. The smallest absolute Gasteiger partial charge is 0.326 e. The molecule has 2 aromatic rings. The van der Waals surface area contributed by atoms with Crippen molar-refractivity contribution < 1.29 is 19.4 Å². The molecule has 2 heterocycles. The van der Waals surface area contributed by atoms with Crippen LogP contribution >= 0.6 is 11.6 Å². The lowest BCUT2D eigenvalue weighted by Crippen LogP contribution is -2.48. The maximum atomic E-state index is 12.4. The molecule has 25 heavy (non-hydrogen) atoms. The standard InChI is InChI=1S/C16H17ClN4O4/c17-11-5-1-2-6-13(11)21-8-12(19-20-21)15(22)18-14(16(23)24)10-4-3-7-25-9-10/h1-2,5-6,8,10,14H,3-4,7,9H2,(H,18,22)(H,23,24). The van der Waals surface area contributed by atoms with Gasteiger partial charge in [0.1, 0.15) is 6.04 Å². The number of halogens is 1. The number of carbonyl (C=O) groups excluding carboxylic acids is 1. The molecule has 2 N–H and O–H groups in total. The summed E-state index contributed by atoms with van der Waals surface area (Å²) in [6, 6.07) is 5.96. The molecule has 132 valence electrons. The monoisotopic (exact) mass is 364 g/mol. The highest BCUT2D eigenvalue weighted by atomic mass is 35.5. The number of nitrogens with one attached hydrogen (secondary N) is 1. The largest absolute Gasteiger partial charge is 0.480 e. The Morgan fingerprint density at radius 3 is 2.88 bits per heavy atom. The number of benzene rings is 1. The molecule has 3 rings (SSSR count). The fourth-order valence-electron chi connectivity index (χ4n) is 2.75. The van der Waals surface area contributed by atoms with Gasteiger partial charge in [0.15, 0.2) is 5.69 Å². The number of rotatable bonds is 5. The Hall–Kier alpha value is -2.45. The summed E-state index contributed by atoms with van der Waals surface area (Å²) in [5.41, 5.74) is 0.592. The number of aliphatic carboxylic acids is 1. The second-order valence-electron chi connectivity index (χ2n) is 5.77. The van der Waals surface area contributed by atoms with Crippen LogP contribution in [0.4, 0.5) is 0 Å². The summed E-state index contributed by atoms with van der Waals surface area (Å²) >= 11 is 6.09. The Kier molecular flexibility index (Phi) is 5.30. The van der Waals surface area contributed by atoms with Gasteiger partial charge in [-0.05, 0) is 25.0 Å². The van der Waals surface area contributed by atoms with E-state index in [0.717, 1.165) is 6.42 Å². The third-order valence-corrected chi connectivity index (χ3v) is 4.36. The van der Waals surface area contributed by atoms with Gasteiger partial charge in [0.2, 0.25) is 0 Å². The van der Waals surface area contributed by atoms with Crippen LogP contribution in [0.15, 0.2) is 30.5 Å². The zero-order valence-electron chi connectivity index (χ0n) is 13.3. The van der Waals surface area contributed by atoms with Crippen molar-refractivity contribution >= 4 is 23.5 Å². The quantitative estimate of drug-likeness (QED) is 0.833. The Bertz CT molecular complexity index is 773. The molecule has 1 aliphatic rings. The van der Waals surface area contributed by atoms with Gasteiger partial charge >= 0.3 is 5.97 Å². The Balaban J connectivity index is 1.74. The first-order chi connectivity index (χ1) is 12.1. The molecule has 2 atom stereocenters. The van der Waals surface area contributed by atoms with E-state index in [9.17, 15) is 14.7 Å². The normalized spacial score (nSPS) is 18.5. The molecule has 2 unspecified atom stereocenters. The van der Waals surface area contributed by atoms with Crippen molar-refractivity contribution in [3.63, 3.8) is 0 Å². The molecule has 1 amide bonds. The van der Waals surface area contributed by atoms with E-state index in [1.54, 1.807) is 24.3 Å². The molecule has 1 aromatic heterocycles. The Labute approximate surface area is 148 Å². The summed E-state index contributed by atoms with van der Waals surface area (Å²) in [7, 11) is 0. The van der Waals surface area contributed by atoms with E-state index in [4.69, 9.17) is 16.3 Å². The van der Waals surface area contributed by atoms with Crippen LogP contribution in [-0.2, 0) is 9.53 Å². The molecular weight excluding hydrogens is 348 g/mol. The van der Waals surface area contributed by atoms with Gasteiger partial charge in [0.25, 0.3) is 5.91 Å². The van der Waals surface area contributed by atoms with Crippen LogP contribution in [0, 0.1) is 5.92 Å². The fraction of sp³-hybridized carbons (Fsp3) is 0.375. The number of hydrogen-bond donors (Lipinski definition) is 2. The molecule has 0 bridgehead atoms. The highest BCUT2D eigenvalue weighted by molar-refractivity contribution is 6.32. The van der Waals surface area contributed by atoms with Gasteiger partial charge in [-0.25, -0.2) is 9.48 Å². The van der Waals surface area contributed by atoms with Crippen molar-refractivity contribution in [3.05, 3.63) is 41.2 Å². The summed E-state index contributed by atoms with van der Waals surface area (Å²) in [6.07, 6.45) is 2.86. The minimum absolute atomic E-state index is 0.0166. The molecule has 0 saturated carbocycles. The fourth-order valence-corrected chi connectivity index (χ4v) is 2.97. The first-order valence-corrected chi connectivity index (χ1v) is 8.22. The number of nitrogens with zero attached hydrogens (tertiary/aromatic N) is 3. The van der Waals surface area contributed by atoms with E-state index in [1.807, 2.05) is 0 Å². The number of carboxylic acid groups (broad SMARTS) is 1. The summed E-state index contributed by atoms with van der Waals surface area (Å²) in [6.45, 7) is 0.923. The van der Waals surface area contributed by atoms with Crippen LogP contribution in [0.3, 0.4) is 0 Å². The average molecular weight is 365 g/mol. The van der Waals surface area contributed by atoms with E-state index >= 15 is 0 Å². The molecule has 0 spiro atoms.